The molecule has 176 valence electrons. The van der Waals surface area contributed by atoms with Gasteiger partial charge in [0.25, 0.3) is 5.56 Å². The van der Waals surface area contributed by atoms with Crippen molar-refractivity contribution in [3.8, 4) is 11.6 Å². The van der Waals surface area contributed by atoms with Crippen LogP contribution in [0.15, 0.2) is 65.5 Å². The first-order chi connectivity index (χ1) is 16.4. The van der Waals surface area contributed by atoms with Gasteiger partial charge < -0.3 is 14.7 Å². The maximum Gasteiger partial charge on any atom is 0.410 e. The van der Waals surface area contributed by atoms with E-state index in [1.165, 1.54) is 4.57 Å². The normalized spacial score (nSPS) is 16.0. The second-order valence-electron chi connectivity index (χ2n) is 8.06. The zero-order chi connectivity index (χ0) is 24.1. The SMILES string of the molecule is O=C(OCc1ccccc1)N1CCCC(C=Cc2c(O)n(-c3ccc(Cl)cc3)c(=S)[nH]c2=O)C1. The number of rotatable bonds is 5. The summed E-state index contributed by atoms with van der Waals surface area (Å²) < 4.78 is 6.90. The van der Waals surface area contributed by atoms with E-state index in [0.717, 1.165) is 18.4 Å². The molecule has 1 aliphatic heterocycles. The van der Waals surface area contributed by atoms with E-state index < -0.39 is 5.56 Å². The molecule has 1 fully saturated rings. The zero-order valence-corrected chi connectivity index (χ0v) is 19.9. The molecule has 1 atom stereocenters. The number of amides is 1. The molecular formula is C25H24ClN3O4S. The Morgan fingerprint density at radius 3 is 2.68 bits per heavy atom. The molecule has 1 amide bonds. The number of aromatic amines is 1. The summed E-state index contributed by atoms with van der Waals surface area (Å²) in [6, 6.07) is 16.3. The molecule has 2 heterocycles. The summed E-state index contributed by atoms with van der Waals surface area (Å²) in [4.78, 5) is 29.3. The van der Waals surface area contributed by atoms with Crippen molar-refractivity contribution >= 4 is 36.0 Å². The van der Waals surface area contributed by atoms with Crippen molar-refractivity contribution in [1.29, 1.82) is 0 Å². The lowest BCUT2D eigenvalue weighted by Gasteiger charge is -2.30. The Morgan fingerprint density at radius 1 is 1.21 bits per heavy atom. The number of aromatic hydroxyl groups is 1. The van der Waals surface area contributed by atoms with Crippen LogP contribution in [0.5, 0.6) is 5.88 Å². The first kappa shape index (κ1) is 23.8. The lowest BCUT2D eigenvalue weighted by atomic mass is 9.97. The third-order valence-corrected chi connectivity index (χ3v) is 6.20. The molecule has 1 saturated heterocycles. The van der Waals surface area contributed by atoms with Crippen LogP contribution in [0, 0.1) is 10.7 Å². The quantitative estimate of drug-likeness (QED) is 0.466. The van der Waals surface area contributed by atoms with Crippen LogP contribution < -0.4 is 5.56 Å². The third kappa shape index (κ3) is 5.58. The molecule has 0 saturated carbocycles. The molecule has 7 nitrogen and oxygen atoms in total. The number of H-pyrrole nitrogens is 1. The Balaban J connectivity index is 1.48. The first-order valence-corrected chi connectivity index (χ1v) is 11.7. The fraction of sp³-hybridized carbons (Fsp3) is 0.240. The fourth-order valence-electron chi connectivity index (χ4n) is 3.89. The van der Waals surface area contributed by atoms with E-state index in [1.807, 2.05) is 36.4 Å². The number of carbonyl (C=O) groups excluding carboxylic acids is 1. The summed E-state index contributed by atoms with van der Waals surface area (Å²) in [7, 11) is 0. The van der Waals surface area contributed by atoms with Gasteiger partial charge in [-0.3, -0.25) is 14.3 Å². The molecule has 1 aliphatic rings. The van der Waals surface area contributed by atoms with Crippen molar-refractivity contribution in [2.75, 3.05) is 13.1 Å². The number of halogens is 1. The van der Waals surface area contributed by atoms with Crippen LogP contribution >= 0.6 is 23.8 Å². The van der Waals surface area contributed by atoms with Gasteiger partial charge in [-0.2, -0.15) is 0 Å². The van der Waals surface area contributed by atoms with Gasteiger partial charge in [0.05, 0.1) is 11.3 Å². The molecule has 0 radical (unpaired) electrons. The number of ether oxygens (including phenoxy) is 1. The van der Waals surface area contributed by atoms with Gasteiger partial charge in [0.15, 0.2) is 4.77 Å². The van der Waals surface area contributed by atoms with Crippen molar-refractivity contribution in [2.45, 2.75) is 19.4 Å². The molecule has 0 aliphatic carbocycles. The summed E-state index contributed by atoms with van der Waals surface area (Å²) in [5, 5.41) is 11.4. The lowest BCUT2D eigenvalue weighted by molar-refractivity contribution is 0.0836. The van der Waals surface area contributed by atoms with Crippen LogP contribution in [-0.2, 0) is 11.3 Å². The van der Waals surface area contributed by atoms with Gasteiger partial charge in [0.1, 0.15) is 6.61 Å². The predicted molar refractivity (Wildman–Crippen MR) is 134 cm³/mol. The molecule has 1 unspecified atom stereocenters. The first-order valence-electron chi connectivity index (χ1n) is 10.9. The van der Waals surface area contributed by atoms with Crippen molar-refractivity contribution in [3.63, 3.8) is 0 Å². The maximum absolute atomic E-state index is 12.5. The number of aromatic nitrogens is 2. The van der Waals surface area contributed by atoms with Crippen LogP contribution in [0.4, 0.5) is 4.79 Å². The van der Waals surface area contributed by atoms with Crippen molar-refractivity contribution in [3.05, 3.63) is 91.9 Å². The predicted octanol–water partition coefficient (Wildman–Crippen LogP) is 5.32. The summed E-state index contributed by atoms with van der Waals surface area (Å²) in [5.41, 5.74) is 1.10. The van der Waals surface area contributed by atoms with Gasteiger partial charge in [-0.15, -0.1) is 0 Å². The molecule has 9 heteroatoms. The van der Waals surface area contributed by atoms with E-state index in [-0.39, 0.29) is 34.8 Å². The van der Waals surface area contributed by atoms with Crippen LogP contribution in [0.1, 0.15) is 24.0 Å². The average molecular weight is 498 g/mol. The van der Waals surface area contributed by atoms with Crippen molar-refractivity contribution in [2.24, 2.45) is 5.92 Å². The Labute approximate surface area is 206 Å². The molecule has 3 aromatic rings. The minimum absolute atomic E-state index is 0.0176. The van der Waals surface area contributed by atoms with Crippen LogP contribution in [0.2, 0.25) is 5.02 Å². The van der Waals surface area contributed by atoms with Crippen molar-refractivity contribution in [1.82, 2.24) is 14.5 Å². The van der Waals surface area contributed by atoms with E-state index in [4.69, 9.17) is 28.6 Å². The number of hydrogen-bond acceptors (Lipinski definition) is 5. The number of nitrogens with zero attached hydrogens (tertiary/aromatic N) is 2. The largest absolute Gasteiger partial charge is 0.494 e. The van der Waals surface area contributed by atoms with Gasteiger partial charge in [0, 0.05) is 18.1 Å². The number of piperidine rings is 1. The Kier molecular flexibility index (Phi) is 7.49. The Bertz CT molecular complexity index is 1300. The van der Waals surface area contributed by atoms with E-state index in [2.05, 4.69) is 4.98 Å². The molecule has 0 spiro atoms. The minimum atomic E-state index is -0.487. The number of carbonyl (C=O) groups is 1. The summed E-state index contributed by atoms with van der Waals surface area (Å²) >= 11 is 11.2. The standard InChI is InChI=1S/C25H24ClN3O4S/c26-19-9-11-20(12-10-19)29-23(31)21(22(30)27-24(29)34)13-8-17-7-4-14-28(15-17)25(32)33-16-18-5-2-1-3-6-18/h1-3,5-6,8-13,17,31H,4,7,14-16H2,(H,27,30,34). The fourth-order valence-corrected chi connectivity index (χ4v) is 4.30. The van der Waals surface area contributed by atoms with Gasteiger partial charge in [0.2, 0.25) is 5.88 Å². The zero-order valence-electron chi connectivity index (χ0n) is 18.3. The number of likely N-dealkylation sites (tertiary alicyclic amines) is 1. The van der Waals surface area contributed by atoms with Gasteiger partial charge in [-0.05, 0) is 66.9 Å². The number of hydrogen-bond donors (Lipinski definition) is 2. The minimum Gasteiger partial charge on any atom is -0.494 e. The summed E-state index contributed by atoms with van der Waals surface area (Å²) in [6.07, 6.45) is 4.73. The van der Waals surface area contributed by atoms with Crippen molar-refractivity contribution < 1.29 is 14.6 Å². The van der Waals surface area contributed by atoms with E-state index in [0.29, 0.717) is 23.8 Å². The second kappa shape index (κ2) is 10.7. The highest BCUT2D eigenvalue weighted by Crippen LogP contribution is 2.24. The highest BCUT2D eigenvalue weighted by molar-refractivity contribution is 7.71. The average Bonchev–Trinajstić information content (AvgIpc) is 2.84. The highest BCUT2D eigenvalue weighted by atomic mass is 35.5. The van der Waals surface area contributed by atoms with Crippen LogP contribution in [0.3, 0.4) is 0 Å². The summed E-state index contributed by atoms with van der Waals surface area (Å²) in [6.45, 7) is 1.31. The smallest absolute Gasteiger partial charge is 0.410 e. The van der Waals surface area contributed by atoms with Crippen LogP contribution in [0.25, 0.3) is 11.8 Å². The number of benzene rings is 2. The van der Waals surface area contributed by atoms with Gasteiger partial charge in [-0.1, -0.05) is 48.0 Å². The van der Waals surface area contributed by atoms with Gasteiger partial charge >= 0.3 is 6.09 Å². The molecular weight excluding hydrogens is 474 g/mol. The van der Waals surface area contributed by atoms with Crippen LogP contribution in [-0.4, -0.2) is 38.7 Å². The molecule has 1 aromatic heterocycles. The number of nitrogens with one attached hydrogen (secondary N) is 1. The molecule has 2 N–H and O–H groups in total. The van der Waals surface area contributed by atoms with Gasteiger partial charge in [-0.25, -0.2) is 4.79 Å². The maximum atomic E-state index is 12.5. The highest BCUT2D eigenvalue weighted by Gasteiger charge is 2.23. The molecule has 34 heavy (non-hydrogen) atoms. The van der Waals surface area contributed by atoms with E-state index in [9.17, 15) is 14.7 Å². The Morgan fingerprint density at radius 2 is 1.94 bits per heavy atom. The summed E-state index contributed by atoms with van der Waals surface area (Å²) in [5.74, 6) is -0.244. The molecule has 2 aromatic carbocycles. The lowest BCUT2D eigenvalue weighted by Crippen LogP contribution is -2.39. The second-order valence-corrected chi connectivity index (χ2v) is 8.88. The van der Waals surface area contributed by atoms with E-state index >= 15 is 0 Å². The molecule has 4 rings (SSSR count). The van der Waals surface area contributed by atoms with E-state index in [1.54, 1.807) is 35.2 Å². The molecule has 0 bridgehead atoms. The monoisotopic (exact) mass is 497 g/mol. The topological polar surface area (TPSA) is 87.6 Å². The third-order valence-electron chi connectivity index (χ3n) is 5.66. The Hall–Kier alpha value is -3.36.